The topological polar surface area (TPSA) is 54.0 Å². The molecule has 1 aromatic carbocycles. The molecule has 1 aromatic heterocycles. The van der Waals surface area contributed by atoms with Gasteiger partial charge in [0.25, 0.3) is 5.91 Å². The van der Waals surface area contributed by atoms with Gasteiger partial charge in [-0.3, -0.25) is 4.79 Å². The first-order valence-corrected chi connectivity index (χ1v) is 7.96. The molecule has 2 N–H and O–H groups in total. The molecule has 4 nitrogen and oxygen atoms in total. The van der Waals surface area contributed by atoms with Gasteiger partial charge < -0.3 is 10.6 Å². The van der Waals surface area contributed by atoms with E-state index in [9.17, 15) is 4.79 Å². The summed E-state index contributed by atoms with van der Waals surface area (Å²) in [5.41, 5.74) is 1.56. The van der Waals surface area contributed by atoms with Crippen LogP contribution in [0.4, 0.5) is 5.69 Å². The van der Waals surface area contributed by atoms with E-state index < -0.39 is 0 Å². The maximum atomic E-state index is 12.0. The summed E-state index contributed by atoms with van der Waals surface area (Å²) in [6.45, 7) is 5.45. The molecule has 0 aliphatic rings. The first-order chi connectivity index (χ1) is 10.0. The van der Waals surface area contributed by atoms with Crippen molar-refractivity contribution < 1.29 is 4.79 Å². The van der Waals surface area contributed by atoms with E-state index in [1.54, 1.807) is 6.20 Å². The number of benzene rings is 1. The quantitative estimate of drug-likeness (QED) is 0.850. The highest BCUT2D eigenvalue weighted by atomic mass is 35.5. The third-order valence-electron chi connectivity index (χ3n) is 2.79. The molecule has 6 heteroatoms. The van der Waals surface area contributed by atoms with E-state index in [1.165, 1.54) is 11.3 Å². The van der Waals surface area contributed by atoms with Crippen LogP contribution in [0.15, 0.2) is 30.5 Å². The van der Waals surface area contributed by atoms with Gasteiger partial charge in [0.15, 0.2) is 4.47 Å². The number of rotatable bonds is 6. The Morgan fingerprint density at radius 1 is 1.43 bits per heavy atom. The highest BCUT2D eigenvalue weighted by Crippen LogP contribution is 2.19. The normalized spacial score (nSPS) is 10.7. The molecule has 0 aliphatic heterocycles. The SMILES string of the molecule is CC(C)CNC(=O)c1cccc(NCc2cnc(Cl)s2)c1. The molecule has 2 rings (SSSR count). The van der Waals surface area contributed by atoms with Crippen molar-refractivity contribution in [1.29, 1.82) is 0 Å². The van der Waals surface area contributed by atoms with Crippen LogP contribution < -0.4 is 10.6 Å². The number of carbonyl (C=O) groups excluding carboxylic acids is 1. The predicted octanol–water partition coefficient (Wildman–Crippen LogP) is 3.79. The Balaban J connectivity index is 1.95. The van der Waals surface area contributed by atoms with Crippen LogP contribution in [0.3, 0.4) is 0 Å². The minimum atomic E-state index is -0.0480. The average Bonchev–Trinajstić information content (AvgIpc) is 2.88. The number of nitrogens with zero attached hydrogens (tertiary/aromatic N) is 1. The summed E-state index contributed by atoms with van der Waals surface area (Å²) in [5, 5.41) is 6.18. The van der Waals surface area contributed by atoms with Crippen molar-refractivity contribution in [2.24, 2.45) is 5.92 Å². The van der Waals surface area contributed by atoms with E-state index in [0.717, 1.165) is 10.6 Å². The summed E-state index contributed by atoms with van der Waals surface area (Å²) in [7, 11) is 0. The molecule has 1 amide bonds. The second kappa shape index (κ2) is 7.43. The number of thiazole rings is 1. The summed E-state index contributed by atoms with van der Waals surface area (Å²) in [6.07, 6.45) is 1.75. The highest BCUT2D eigenvalue weighted by molar-refractivity contribution is 7.15. The van der Waals surface area contributed by atoms with Crippen molar-refractivity contribution in [3.05, 3.63) is 45.4 Å². The molecule has 2 aromatic rings. The predicted molar refractivity (Wildman–Crippen MR) is 88.1 cm³/mol. The van der Waals surface area contributed by atoms with E-state index in [0.29, 0.717) is 29.0 Å². The van der Waals surface area contributed by atoms with Gasteiger partial charge in [0, 0.05) is 28.9 Å². The third kappa shape index (κ3) is 5.02. The molecule has 0 spiro atoms. The molecule has 0 atom stereocenters. The van der Waals surface area contributed by atoms with E-state index in [-0.39, 0.29) is 5.91 Å². The second-order valence-corrected chi connectivity index (χ2v) is 6.82. The molecule has 0 fully saturated rings. The van der Waals surface area contributed by atoms with E-state index in [1.807, 2.05) is 24.3 Å². The van der Waals surface area contributed by atoms with Crippen LogP contribution in [-0.4, -0.2) is 17.4 Å². The lowest BCUT2D eigenvalue weighted by Gasteiger charge is -2.09. The number of carbonyl (C=O) groups is 1. The van der Waals surface area contributed by atoms with Crippen molar-refractivity contribution >= 4 is 34.5 Å². The lowest BCUT2D eigenvalue weighted by Crippen LogP contribution is -2.27. The van der Waals surface area contributed by atoms with Crippen LogP contribution in [0.2, 0.25) is 4.47 Å². The smallest absolute Gasteiger partial charge is 0.251 e. The van der Waals surface area contributed by atoms with Gasteiger partial charge in [-0.1, -0.05) is 31.5 Å². The summed E-state index contributed by atoms with van der Waals surface area (Å²) in [6, 6.07) is 7.46. The van der Waals surface area contributed by atoms with Gasteiger partial charge in [-0.2, -0.15) is 0 Å². The van der Waals surface area contributed by atoms with Crippen LogP contribution in [0.5, 0.6) is 0 Å². The van der Waals surface area contributed by atoms with E-state index >= 15 is 0 Å². The minimum absolute atomic E-state index is 0.0480. The van der Waals surface area contributed by atoms with E-state index in [2.05, 4.69) is 29.5 Å². The van der Waals surface area contributed by atoms with Crippen molar-refractivity contribution in [2.45, 2.75) is 20.4 Å². The fraction of sp³-hybridized carbons (Fsp3) is 0.333. The number of aromatic nitrogens is 1. The Kier molecular flexibility index (Phi) is 5.59. The average molecular weight is 324 g/mol. The summed E-state index contributed by atoms with van der Waals surface area (Å²) >= 11 is 7.24. The number of hydrogen-bond donors (Lipinski definition) is 2. The Hall–Kier alpha value is -1.59. The van der Waals surface area contributed by atoms with Gasteiger partial charge in [-0.05, 0) is 24.1 Å². The maximum absolute atomic E-state index is 12.0. The minimum Gasteiger partial charge on any atom is -0.380 e. The van der Waals surface area contributed by atoms with Gasteiger partial charge in [0.05, 0.1) is 6.54 Å². The van der Waals surface area contributed by atoms with E-state index in [4.69, 9.17) is 11.6 Å². The number of anilines is 1. The zero-order valence-corrected chi connectivity index (χ0v) is 13.6. The molecule has 0 bridgehead atoms. The lowest BCUT2D eigenvalue weighted by molar-refractivity contribution is 0.0949. The second-order valence-electron chi connectivity index (χ2n) is 5.12. The lowest BCUT2D eigenvalue weighted by atomic mass is 10.1. The Labute approximate surface area is 133 Å². The Morgan fingerprint density at radius 2 is 2.24 bits per heavy atom. The maximum Gasteiger partial charge on any atom is 0.251 e. The van der Waals surface area contributed by atoms with Gasteiger partial charge >= 0.3 is 0 Å². The Bertz CT molecular complexity index is 612. The van der Waals surface area contributed by atoms with Crippen molar-refractivity contribution in [3.8, 4) is 0 Å². The largest absolute Gasteiger partial charge is 0.380 e. The first-order valence-electron chi connectivity index (χ1n) is 6.77. The molecule has 0 unspecified atom stereocenters. The standard InChI is InChI=1S/C15H18ClN3OS/c1-10(2)7-18-14(20)11-4-3-5-12(6-11)17-8-13-9-19-15(16)21-13/h3-6,9-10,17H,7-8H2,1-2H3,(H,18,20). The van der Waals surface area contributed by atoms with Gasteiger partial charge in [-0.15, -0.1) is 11.3 Å². The van der Waals surface area contributed by atoms with Crippen LogP contribution in [0, 0.1) is 5.92 Å². The monoisotopic (exact) mass is 323 g/mol. The molecule has 112 valence electrons. The number of hydrogen-bond acceptors (Lipinski definition) is 4. The van der Waals surface area contributed by atoms with Gasteiger partial charge in [0.1, 0.15) is 0 Å². The van der Waals surface area contributed by atoms with Crippen LogP contribution in [0.1, 0.15) is 29.1 Å². The molecule has 21 heavy (non-hydrogen) atoms. The number of halogens is 1. The molecule has 0 saturated heterocycles. The summed E-state index contributed by atoms with van der Waals surface area (Å²) < 4.78 is 0.536. The Morgan fingerprint density at radius 3 is 2.90 bits per heavy atom. The van der Waals surface area contributed by atoms with Crippen molar-refractivity contribution in [3.63, 3.8) is 0 Å². The van der Waals surface area contributed by atoms with Crippen LogP contribution in [0.25, 0.3) is 0 Å². The first kappa shape index (κ1) is 15.8. The molecule has 0 aliphatic carbocycles. The molecule has 0 saturated carbocycles. The molecular formula is C15H18ClN3OS. The van der Waals surface area contributed by atoms with Crippen LogP contribution in [-0.2, 0) is 6.54 Å². The van der Waals surface area contributed by atoms with Crippen molar-refractivity contribution in [2.75, 3.05) is 11.9 Å². The van der Waals surface area contributed by atoms with Crippen LogP contribution >= 0.6 is 22.9 Å². The fourth-order valence-corrected chi connectivity index (χ4v) is 2.64. The van der Waals surface area contributed by atoms with Gasteiger partial charge in [-0.25, -0.2) is 4.98 Å². The number of nitrogens with one attached hydrogen (secondary N) is 2. The molecular weight excluding hydrogens is 306 g/mol. The fourth-order valence-electron chi connectivity index (χ4n) is 1.72. The summed E-state index contributed by atoms with van der Waals surface area (Å²) in [4.78, 5) is 17.1. The highest BCUT2D eigenvalue weighted by Gasteiger charge is 2.07. The summed E-state index contributed by atoms with van der Waals surface area (Å²) in [5.74, 6) is 0.388. The third-order valence-corrected chi connectivity index (χ3v) is 3.90. The zero-order chi connectivity index (χ0) is 15.2. The van der Waals surface area contributed by atoms with Crippen molar-refractivity contribution in [1.82, 2.24) is 10.3 Å². The van der Waals surface area contributed by atoms with Gasteiger partial charge in [0.2, 0.25) is 0 Å². The molecule has 1 heterocycles. The molecule has 0 radical (unpaired) electrons. The zero-order valence-electron chi connectivity index (χ0n) is 12.0. The number of amides is 1.